The molecule has 0 heterocycles. The number of carbonyl (C=O) groups excluding carboxylic acids is 1. The molecule has 0 spiro atoms. The summed E-state index contributed by atoms with van der Waals surface area (Å²) in [7, 11) is -4.10. The molecule has 0 rings (SSSR count). The van der Waals surface area contributed by atoms with Crippen LogP contribution in [0.3, 0.4) is 0 Å². The van der Waals surface area contributed by atoms with Gasteiger partial charge in [-0.1, -0.05) is 4.33 Å². The van der Waals surface area contributed by atoms with Gasteiger partial charge in [0.1, 0.15) is 5.75 Å². The van der Waals surface area contributed by atoms with Gasteiger partial charge in [0, 0.05) is 13.5 Å². The number of hydrogen-bond acceptors (Lipinski definition) is 7. The van der Waals surface area contributed by atoms with Gasteiger partial charge >= 0.3 is 16.1 Å². The van der Waals surface area contributed by atoms with E-state index in [1.165, 1.54) is 0 Å². The van der Waals surface area contributed by atoms with Crippen molar-refractivity contribution in [2.24, 2.45) is 0 Å². The number of aliphatic hydroxyl groups is 2. The Balaban J connectivity index is 4.01. The molecule has 0 aliphatic rings. The van der Waals surface area contributed by atoms with E-state index in [1.54, 1.807) is 0 Å². The molecule has 14 heavy (non-hydrogen) atoms. The van der Waals surface area contributed by atoms with Crippen LogP contribution in [0.1, 0.15) is 13.3 Å². The summed E-state index contributed by atoms with van der Waals surface area (Å²) < 4.78 is 25.5. The zero-order valence-electron chi connectivity index (χ0n) is 7.54. The summed E-state index contributed by atoms with van der Waals surface area (Å²) in [5.74, 6) is -1.65. The smallest absolute Gasteiger partial charge is 0.340 e. The van der Waals surface area contributed by atoms with Crippen LogP contribution in [-0.4, -0.2) is 43.1 Å². The maximum atomic E-state index is 10.9. The van der Waals surface area contributed by atoms with Crippen LogP contribution in [0, 0.1) is 0 Å². The maximum Gasteiger partial charge on any atom is 0.340 e. The molecule has 0 fully saturated rings. The molecule has 0 aliphatic heterocycles. The second-order valence-electron chi connectivity index (χ2n) is 2.53. The number of rotatable bonds is 6. The minimum Gasteiger partial charge on any atom is -0.396 e. The molecule has 2 N–H and O–H groups in total. The van der Waals surface area contributed by atoms with E-state index in [-0.39, 0.29) is 13.0 Å². The van der Waals surface area contributed by atoms with Crippen LogP contribution in [0.5, 0.6) is 0 Å². The lowest BCUT2D eigenvalue weighted by atomic mass is 10.3. The van der Waals surface area contributed by atoms with Crippen LogP contribution in [0.15, 0.2) is 0 Å². The molecule has 1 unspecified atom stereocenters. The molecule has 0 saturated heterocycles. The van der Waals surface area contributed by atoms with Crippen LogP contribution in [-0.2, 0) is 24.1 Å². The van der Waals surface area contributed by atoms with Crippen molar-refractivity contribution in [3.05, 3.63) is 0 Å². The van der Waals surface area contributed by atoms with Crippen molar-refractivity contribution in [1.82, 2.24) is 0 Å². The number of carbonyl (C=O) groups is 1. The van der Waals surface area contributed by atoms with Crippen LogP contribution >= 0.6 is 0 Å². The standard InChI is InChI=1S/C6H12O7S/c1-5(8)12-13-14(10,11)4-6(9)2-3-7/h6-7,9H,2-4H2,1H3. The van der Waals surface area contributed by atoms with Crippen LogP contribution in [0.25, 0.3) is 0 Å². The third-order valence-corrected chi connectivity index (χ3v) is 2.18. The normalized spacial score (nSPS) is 13.6. The Kier molecular flexibility index (Phi) is 5.62. The second-order valence-corrected chi connectivity index (χ2v) is 4.12. The summed E-state index contributed by atoms with van der Waals surface area (Å²) in [6, 6.07) is 0. The molecule has 0 aromatic carbocycles. The largest absolute Gasteiger partial charge is 0.396 e. The number of hydrogen-bond donors (Lipinski definition) is 2. The Hall–Kier alpha value is -0.700. The van der Waals surface area contributed by atoms with E-state index >= 15 is 0 Å². The Bertz CT molecular complexity index is 270. The molecule has 0 radical (unpaired) electrons. The summed E-state index contributed by atoms with van der Waals surface area (Å²) in [6.45, 7) is 0.629. The first-order chi connectivity index (χ1) is 6.37. The van der Waals surface area contributed by atoms with Crippen molar-refractivity contribution in [2.45, 2.75) is 19.4 Å². The lowest BCUT2D eigenvalue weighted by molar-refractivity contribution is -0.208. The molecule has 1 atom stereocenters. The third kappa shape index (κ3) is 6.78. The van der Waals surface area contributed by atoms with Gasteiger partial charge in [0.15, 0.2) is 0 Å². The topological polar surface area (TPSA) is 110 Å². The highest BCUT2D eigenvalue weighted by atomic mass is 32.2. The van der Waals surface area contributed by atoms with E-state index in [4.69, 9.17) is 10.2 Å². The predicted molar refractivity (Wildman–Crippen MR) is 44.3 cm³/mol. The van der Waals surface area contributed by atoms with Gasteiger partial charge in [-0.2, -0.15) is 8.42 Å². The molecule has 0 saturated carbocycles. The van der Waals surface area contributed by atoms with E-state index in [0.717, 1.165) is 6.92 Å². The summed E-state index contributed by atoms with van der Waals surface area (Å²) in [6.07, 6.45) is -1.34. The average Bonchev–Trinajstić information content (AvgIpc) is 2.00. The van der Waals surface area contributed by atoms with Crippen molar-refractivity contribution in [3.8, 4) is 0 Å². The summed E-state index contributed by atoms with van der Waals surface area (Å²) >= 11 is 0. The first-order valence-electron chi connectivity index (χ1n) is 3.75. The first kappa shape index (κ1) is 13.3. The molecule has 7 nitrogen and oxygen atoms in total. The highest BCUT2D eigenvalue weighted by Gasteiger charge is 2.19. The first-order valence-corrected chi connectivity index (χ1v) is 5.33. The SMILES string of the molecule is CC(=O)OOS(=O)(=O)CC(O)CCO. The Morgan fingerprint density at radius 2 is 2.07 bits per heavy atom. The highest BCUT2D eigenvalue weighted by Crippen LogP contribution is 2.01. The van der Waals surface area contributed by atoms with Gasteiger partial charge in [0.05, 0.1) is 6.10 Å². The van der Waals surface area contributed by atoms with Crippen LogP contribution < -0.4 is 0 Å². The Morgan fingerprint density at radius 3 is 2.50 bits per heavy atom. The van der Waals surface area contributed by atoms with Crippen molar-refractivity contribution >= 4 is 16.1 Å². The molecule has 0 aromatic heterocycles. The minimum atomic E-state index is -4.10. The van der Waals surface area contributed by atoms with Crippen LogP contribution in [0.2, 0.25) is 0 Å². The predicted octanol–water partition coefficient (Wildman–Crippen LogP) is -1.45. The Morgan fingerprint density at radius 1 is 1.50 bits per heavy atom. The van der Waals surface area contributed by atoms with E-state index in [9.17, 15) is 13.2 Å². The van der Waals surface area contributed by atoms with Gasteiger partial charge in [0.25, 0.3) is 0 Å². The Labute approximate surface area is 81.3 Å². The molecule has 0 aromatic rings. The monoisotopic (exact) mass is 228 g/mol. The van der Waals surface area contributed by atoms with Crippen molar-refractivity contribution in [1.29, 1.82) is 0 Å². The fraction of sp³-hybridized carbons (Fsp3) is 0.833. The maximum absolute atomic E-state index is 10.9. The fourth-order valence-corrected chi connectivity index (χ4v) is 1.49. The molecular formula is C6H12O7S. The summed E-state index contributed by atoms with van der Waals surface area (Å²) in [5, 5.41) is 17.4. The van der Waals surface area contributed by atoms with Gasteiger partial charge < -0.3 is 10.2 Å². The average molecular weight is 228 g/mol. The van der Waals surface area contributed by atoms with Gasteiger partial charge in [0.2, 0.25) is 0 Å². The summed E-state index contributed by atoms with van der Waals surface area (Å²) in [5.41, 5.74) is 0. The second kappa shape index (κ2) is 5.91. The van der Waals surface area contributed by atoms with Crippen molar-refractivity contribution in [2.75, 3.05) is 12.4 Å². The van der Waals surface area contributed by atoms with E-state index in [0.29, 0.717) is 0 Å². The molecule has 0 bridgehead atoms. The van der Waals surface area contributed by atoms with Crippen molar-refractivity contribution in [3.63, 3.8) is 0 Å². The van der Waals surface area contributed by atoms with E-state index < -0.39 is 27.9 Å². The third-order valence-electron chi connectivity index (χ3n) is 1.11. The number of aliphatic hydroxyl groups excluding tert-OH is 2. The summed E-state index contributed by atoms with van der Waals surface area (Å²) in [4.78, 5) is 14.0. The van der Waals surface area contributed by atoms with Gasteiger partial charge in [-0.25, -0.2) is 4.79 Å². The van der Waals surface area contributed by atoms with Gasteiger partial charge in [-0.3, -0.25) is 4.89 Å². The fourth-order valence-electron chi connectivity index (χ4n) is 0.596. The minimum absolute atomic E-state index is 0.0946. The molecular weight excluding hydrogens is 216 g/mol. The molecule has 8 heteroatoms. The van der Waals surface area contributed by atoms with E-state index in [1.807, 2.05) is 0 Å². The van der Waals surface area contributed by atoms with Gasteiger partial charge in [-0.05, 0) is 6.42 Å². The quantitative estimate of drug-likeness (QED) is 0.423. The molecule has 0 aliphatic carbocycles. The molecule has 84 valence electrons. The van der Waals surface area contributed by atoms with Gasteiger partial charge in [-0.15, -0.1) is 0 Å². The van der Waals surface area contributed by atoms with E-state index in [2.05, 4.69) is 9.22 Å². The van der Waals surface area contributed by atoms with Crippen LogP contribution in [0.4, 0.5) is 0 Å². The lowest BCUT2D eigenvalue weighted by Crippen LogP contribution is -2.24. The lowest BCUT2D eigenvalue weighted by Gasteiger charge is -2.07. The molecule has 0 amide bonds. The van der Waals surface area contributed by atoms with Crippen molar-refractivity contribution < 1.29 is 32.6 Å². The zero-order chi connectivity index (χ0) is 11.2. The highest BCUT2D eigenvalue weighted by molar-refractivity contribution is 7.86. The zero-order valence-corrected chi connectivity index (χ0v) is 8.36.